The van der Waals surface area contributed by atoms with Crippen molar-refractivity contribution in [3.05, 3.63) is 33.8 Å². The molecule has 0 aromatic heterocycles. The van der Waals surface area contributed by atoms with Crippen molar-refractivity contribution in [2.75, 3.05) is 6.61 Å². The molecule has 4 heteroatoms. The summed E-state index contributed by atoms with van der Waals surface area (Å²) in [6, 6.07) is 5.39. The van der Waals surface area contributed by atoms with Crippen molar-refractivity contribution in [2.24, 2.45) is 0 Å². The average molecular weight is 262 g/mol. The Labute approximate surface area is 102 Å². The van der Waals surface area contributed by atoms with Crippen molar-refractivity contribution >= 4 is 31.3 Å². The highest BCUT2D eigenvalue weighted by atomic mass is 35.5. The average Bonchev–Trinajstić information content (AvgIpc) is 2.07. The maximum Gasteiger partial charge on any atom is 0.0867 e. The van der Waals surface area contributed by atoms with Gasteiger partial charge in [0.1, 0.15) is 0 Å². The molecule has 0 saturated heterocycles. The van der Waals surface area contributed by atoms with Gasteiger partial charge in [-0.2, -0.15) is 0 Å². The van der Waals surface area contributed by atoms with Gasteiger partial charge in [0.05, 0.1) is 14.7 Å². The molecule has 0 aliphatic rings. The van der Waals surface area contributed by atoms with Crippen molar-refractivity contribution in [1.82, 2.24) is 0 Å². The van der Waals surface area contributed by atoms with Gasteiger partial charge in [-0.25, -0.2) is 5.11 Å². The fourth-order valence-electron chi connectivity index (χ4n) is 1.59. The first-order chi connectivity index (χ1) is 6.86. The molecule has 0 amide bonds. The van der Waals surface area contributed by atoms with Gasteiger partial charge in [-0.15, -0.1) is 0 Å². The van der Waals surface area contributed by atoms with E-state index in [1.165, 1.54) is 0 Å². The van der Waals surface area contributed by atoms with E-state index in [1.807, 2.05) is 6.07 Å². The van der Waals surface area contributed by atoms with Gasteiger partial charge in [0.25, 0.3) is 0 Å². The summed E-state index contributed by atoms with van der Waals surface area (Å²) in [5.74, 6) is 0. The van der Waals surface area contributed by atoms with Crippen molar-refractivity contribution < 1.29 is 5.11 Å². The Morgan fingerprint density at radius 2 is 1.87 bits per heavy atom. The van der Waals surface area contributed by atoms with E-state index in [9.17, 15) is 5.11 Å². The summed E-state index contributed by atoms with van der Waals surface area (Å²) in [6.45, 7) is 6.44. The van der Waals surface area contributed by atoms with Crippen LogP contribution in [0.2, 0.25) is 29.7 Å². The lowest BCUT2D eigenvalue weighted by atomic mass is 10.1. The van der Waals surface area contributed by atoms with Gasteiger partial charge in [0.2, 0.25) is 0 Å². The Bertz CT molecular complexity index is 347. The van der Waals surface area contributed by atoms with Gasteiger partial charge < -0.3 is 0 Å². The minimum Gasteiger partial charge on any atom is -0.236 e. The predicted molar refractivity (Wildman–Crippen MR) is 68.1 cm³/mol. The third-order valence-electron chi connectivity index (χ3n) is 2.55. The second-order valence-electron chi connectivity index (χ2n) is 4.75. The molecule has 1 aromatic carbocycles. The number of hydrogen-bond acceptors (Lipinski definition) is 0. The second-order valence-corrected chi connectivity index (χ2v) is 11.0. The summed E-state index contributed by atoms with van der Waals surface area (Å²) in [5.41, 5.74) is 1.01. The van der Waals surface area contributed by atoms with E-state index < -0.39 is 8.07 Å². The van der Waals surface area contributed by atoms with E-state index >= 15 is 0 Å². The van der Waals surface area contributed by atoms with Gasteiger partial charge >= 0.3 is 0 Å². The molecule has 1 nitrogen and oxygen atoms in total. The van der Waals surface area contributed by atoms with E-state index in [0.717, 1.165) is 5.56 Å². The summed E-state index contributed by atoms with van der Waals surface area (Å²) in [5, 5.41) is 12.5. The predicted octanol–water partition coefficient (Wildman–Crippen LogP) is 4.38. The van der Waals surface area contributed by atoms with E-state index in [1.54, 1.807) is 12.1 Å². The molecule has 0 aliphatic carbocycles. The summed E-state index contributed by atoms with van der Waals surface area (Å²) in [7, 11) is -1.52. The van der Waals surface area contributed by atoms with E-state index in [2.05, 4.69) is 19.6 Å². The lowest BCUT2D eigenvalue weighted by Crippen LogP contribution is -2.33. The van der Waals surface area contributed by atoms with Crippen LogP contribution in [0.1, 0.15) is 11.1 Å². The van der Waals surface area contributed by atoms with Crippen LogP contribution in [0.15, 0.2) is 18.2 Å². The summed E-state index contributed by atoms with van der Waals surface area (Å²) >= 11 is 11.9. The van der Waals surface area contributed by atoms with Crippen LogP contribution < -0.4 is 0 Å². The molecule has 83 valence electrons. The molecule has 1 atom stereocenters. The van der Waals surface area contributed by atoms with Gasteiger partial charge in [-0.3, -0.25) is 0 Å². The maximum absolute atomic E-state index is 11.3. The van der Waals surface area contributed by atoms with Gasteiger partial charge in [-0.05, 0) is 17.7 Å². The smallest absolute Gasteiger partial charge is 0.0867 e. The third kappa shape index (κ3) is 3.21. The lowest BCUT2D eigenvalue weighted by Gasteiger charge is -2.27. The zero-order valence-electron chi connectivity index (χ0n) is 9.18. The molecule has 1 unspecified atom stereocenters. The van der Waals surface area contributed by atoms with Crippen LogP contribution in [-0.4, -0.2) is 14.7 Å². The Morgan fingerprint density at radius 3 is 2.27 bits per heavy atom. The molecule has 0 fully saturated rings. The number of halogens is 2. The largest absolute Gasteiger partial charge is 0.236 e. The Balaban J connectivity index is 3.13. The van der Waals surface area contributed by atoms with E-state index in [0.29, 0.717) is 10.0 Å². The SMILES string of the molecule is C[Si](C)(C)C(C[O])c1ccc(Cl)cc1Cl. The van der Waals surface area contributed by atoms with Crippen molar-refractivity contribution in [3.63, 3.8) is 0 Å². The Kier molecular flexibility index (Phi) is 4.24. The van der Waals surface area contributed by atoms with Crippen LogP contribution in [0.5, 0.6) is 0 Å². The molecular formula is C11H15Cl2OSi. The quantitative estimate of drug-likeness (QED) is 0.720. The molecule has 0 spiro atoms. The monoisotopic (exact) mass is 261 g/mol. The van der Waals surface area contributed by atoms with Crippen LogP contribution in [-0.2, 0) is 5.11 Å². The van der Waals surface area contributed by atoms with E-state index in [4.69, 9.17) is 23.2 Å². The maximum atomic E-state index is 11.3. The molecule has 0 N–H and O–H groups in total. The molecule has 15 heavy (non-hydrogen) atoms. The Morgan fingerprint density at radius 1 is 1.27 bits per heavy atom. The minimum atomic E-state index is -1.52. The summed E-state index contributed by atoms with van der Waals surface area (Å²) < 4.78 is 0. The molecule has 1 radical (unpaired) electrons. The van der Waals surface area contributed by atoms with Crippen LogP contribution in [0.4, 0.5) is 0 Å². The van der Waals surface area contributed by atoms with Crippen molar-refractivity contribution in [1.29, 1.82) is 0 Å². The van der Waals surface area contributed by atoms with Crippen LogP contribution in [0.3, 0.4) is 0 Å². The number of benzene rings is 1. The number of rotatable bonds is 3. The highest BCUT2D eigenvalue weighted by molar-refractivity contribution is 6.77. The van der Waals surface area contributed by atoms with Crippen LogP contribution in [0.25, 0.3) is 0 Å². The van der Waals surface area contributed by atoms with Gasteiger partial charge in [0, 0.05) is 15.6 Å². The lowest BCUT2D eigenvalue weighted by molar-refractivity contribution is 0.190. The molecule has 1 aromatic rings. The third-order valence-corrected chi connectivity index (χ3v) is 5.68. The van der Waals surface area contributed by atoms with E-state index in [-0.39, 0.29) is 12.1 Å². The number of hydrogen-bond donors (Lipinski definition) is 0. The summed E-state index contributed by atoms with van der Waals surface area (Å²) in [4.78, 5) is 0. The fourth-order valence-corrected chi connectivity index (χ4v) is 3.91. The first-order valence-corrected chi connectivity index (χ1v) is 9.22. The van der Waals surface area contributed by atoms with Gasteiger partial charge in [-0.1, -0.05) is 48.9 Å². The molecule has 0 bridgehead atoms. The molecule has 0 saturated carbocycles. The zero-order chi connectivity index (χ0) is 11.6. The molecule has 0 heterocycles. The topological polar surface area (TPSA) is 19.9 Å². The molecular weight excluding hydrogens is 247 g/mol. The van der Waals surface area contributed by atoms with Crippen LogP contribution in [0, 0.1) is 0 Å². The van der Waals surface area contributed by atoms with Crippen molar-refractivity contribution in [2.45, 2.75) is 25.2 Å². The minimum absolute atomic E-state index is 0.0577. The highest BCUT2D eigenvalue weighted by Gasteiger charge is 2.29. The molecule has 0 aliphatic heterocycles. The first-order valence-electron chi connectivity index (χ1n) is 4.89. The normalized spacial score (nSPS) is 14.0. The molecule has 1 rings (SSSR count). The second kappa shape index (κ2) is 4.87. The standard InChI is InChI=1S/C11H15Cl2OSi/c1-15(2,3)11(7-14)9-5-4-8(12)6-10(9)13/h4-6,11H,7H2,1-3H3. The van der Waals surface area contributed by atoms with Gasteiger partial charge in [0.15, 0.2) is 0 Å². The highest BCUT2D eigenvalue weighted by Crippen LogP contribution is 2.33. The Hall–Kier alpha value is -0.0231. The first kappa shape index (κ1) is 13.0. The van der Waals surface area contributed by atoms with Crippen molar-refractivity contribution in [3.8, 4) is 0 Å². The van der Waals surface area contributed by atoms with Crippen LogP contribution >= 0.6 is 23.2 Å². The summed E-state index contributed by atoms with van der Waals surface area (Å²) in [6.07, 6.45) is 0. The fraction of sp³-hybridized carbons (Fsp3) is 0.455. The zero-order valence-corrected chi connectivity index (χ0v) is 11.7.